The van der Waals surface area contributed by atoms with Crippen molar-refractivity contribution in [1.82, 2.24) is 0 Å². The third kappa shape index (κ3) is 7.83. The summed E-state index contributed by atoms with van der Waals surface area (Å²) >= 11 is 3.96. The van der Waals surface area contributed by atoms with Crippen LogP contribution in [0.25, 0.3) is 62.2 Å². The molecule has 0 aliphatic rings. The molecule has 0 amide bonds. The monoisotopic (exact) mass is 696 g/mol. The highest BCUT2D eigenvalue weighted by Crippen LogP contribution is 2.48. The Bertz CT molecular complexity index is 2210. The zero-order valence-corrected chi connectivity index (χ0v) is 32.9. The molecule has 0 radical (unpaired) electrons. The third-order valence-corrected chi connectivity index (χ3v) is 13.7. The summed E-state index contributed by atoms with van der Waals surface area (Å²) in [5.74, 6) is 3.23. The number of aryl methyl sites for hydroxylation is 2. The lowest BCUT2D eigenvalue weighted by Gasteiger charge is -2.12. The molecular formula is C48H56S2. The molecule has 2 heteroatoms. The topological polar surface area (TPSA) is 0 Å². The maximum Gasteiger partial charge on any atom is 0.0548 e. The first-order valence-electron chi connectivity index (χ1n) is 19.6. The summed E-state index contributed by atoms with van der Waals surface area (Å²) in [5, 5.41) is 8.39. The highest BCUT2D eigenvalue weighted by atomic mass is 32.1. The van der Waals surface area contributed by atoms with Crippen molar-refractivity contribution < 1.29 is 0 Å². The van der Waals surface area contributed by atoms with E-state index >= 15 is 0 Å². The Kier molecular flexibility index (Phi) is 11.0. The fourth-order valence-electron chi connectivity index (χ4n) is 8.01. The maximum absolute atomic E-state index is 2.46. The van der Waals surface area contributed by atoms with E-state index in [0.29, 0.717) is 0 Å². The molecule has 2 atom stereocenters. The van der Waals surface area contributed by atoms with Gasteiger partial charge in [0, 0.05) is 20.2 Å². The molecule has 2 aromatic heterocycles. The van der Waals surface area contributed by atoms with E-state index in [1.807, 2.05) is 22.7 Å². The van der Waals surface area contributed by atoms with Crippen LogP contribution in [-0.2, 0) is 12.8 Å². The van der Waals surface area contributed by atoms with E-state index in [-0.39, 0.29) is 0 Å². The Balaban J connectivity index is 1.11. The van der Waals surface area contributed by atoms with Crippen LogP contribution in [0.3, 0.4) is 0 Å². The molecule has 2 heterocycles. The average molecular weight is 697 g/mol. The molecule has 0 fully saturated rings. The van der Waals surface area contributed by atoms with Crippen molar-refractivity contribution in [3.05, 3.63) is 96.1 Å². The predicted molar refractivity (Wildman–Crippen MR) is 228 cm³/mol. The number of benzene rings is 5. The van der Waals surface area contributed by atoms with Crippen LogP contribution < -0.4 is 0 Å². The van der Waals surface area contributed by atoms with E-state index in [1.165, 1.54) is 138 Å². The number of hydrogen-bond acceptors (Lipinski definition) is 2. The Hall–Kier alpha value is -3.20. The van der Waals surface area contributed by atoms with E-state index in [1.54, 1.807) is 0 Å². The Labute approximate surface area is 308 Å². The van der Waals surface area contributed by atoms with Gasteiger partial charge in [0.15, 0.2) is 0 Å². The van der Waals surface area contributed by atoms with Gasteiger partial charge in [-0.2, -0.15) is 0 Å². The smallest absolute Gasteiger partial charge is 0.0548 e. The van der Waals surface area contributed by atoms with Gasteiger partial charge in [0.05, 0.1) is 9.40 Å². The average Bonchev–Trinajstić information content (AvgIpc) is 3.65. The van der Waals surface area contributed by atoms with Crippen molar-refractivity contribution in [2.45, 2.75) is 106 Å². The van der Waals surface area contributed by atoms with Gasteiger partial charge in [-0.3, -0.25) is 0 Å². The van der Waals surface area contributed by atoms with E-state index in [4.69, 9.17) is 0 Å². The Morgan fingerprint density at radius 3 is 1.48 bits per heavy atom. The summed E-state index contributed by atoms with van der Waals surface area (Å²) in [6.07, 6.45) is 13.1. The second-order valence-corrected chi connectivity index (χ2v) is 18.5. The van der Waals surface area contributed by atoms with E-state index in [9.17, 15) is 0 Å². The van der Waals surface area contributed by atoms with Crippen molar-refractivity contribution >= 4 is 73.8 Å². The minimum atomic E-state index is 0.793. The first kappa shape index (κ1) is 35.2. The van der Waals surface area contributed by atoms with Crippen LogP contribution in [0.15, 0.2) is 84.9 Å². The summed E-state index contributed by atoms with van der Waals surface area (Å²) in [4.78, 5) is 0. The summed E-state index contributed by atoms with van der Waals surface area (Å²) in [7, 11) is 0. The predicted octanol–water partition coefficient (Wildman–Crippen LogP) is 16.0. The second-order valence-electron chi connectivity index (χ2n) is 16.4. The van der Waals surface area contributed by atoms with Gasteiger partial charge in [0.25, 0.3) is 0 Å². The fourth-order valence-corrected chi connectivity index (χ4v) is 10.8. The third-order valence-electron chi connectivity index (χ3n) is 11.2. The molecule has 0 nitrogen and oxygen atoms in total. The van der Waals surface area contributed by atoms with Crippen LogP contribution in [0.4, 0.5) is 0 Å². The lowest BCUT2D eigenvalue weighted by Crippen LogP contribution is -1.99. The lowest BCUT2D eigenvalue weighted by atomic mass is 9.93. The molecule has 0 aliphatic carbocycles. The zero-order chi connectivity index (χ0) is 34.8. The Morgan fingerprint density at radius 2 is 0.920 bits per heavy atom. The molecule has 2 unspecified atom stereocenters. The van der Waals surface area contributed by atoms with Gasteiger partial charge in [-0.25, -0.2) is 0 Å². The van der Waals surface area contributed by atoms with Crippen LogP contribution in [0, 0.1) is 23.7 Å². The standard InChI is InChI=1S/C48H56S2/c1-31(2)9-7-11-33(5)13-15-35-17-20-37(21-18-35)38-22-26-42-40(30-38)24-28-44-46(42)48-47(50-44)45-41-25-19-36(29-39(41)23-27-43(45)49-48)16-14-34(6)12-8-10-32(3)4/h17-34H,7-16H2,1-6H3. The molecule has 7 rings (SSSR count). The second kappa shape index (κ2) is 15.6. The molecule has 0 saturated carbocycles. The van der Waals surface area contributed by atoms with Gasteiger partial charge in [-0.1, -0.05) is 147 Å². The summed E-state index contributed by atoms with van der Waals surface area (Å²) < 4.78 is 5.72. The van der Waals surface area contributed by atoms with Gasteiger partial charge >= 0.3 is 0 Å². The van der Waals surface area contributed by atoms with Gasteiger partial charge in [-0.15, -0.1) is 22.7 Å². The van der Waals surface area contributed by atoms with E-state index in [0.717, 1.165) is 23.7 Å². The molecule has 260 valence electrons. The van der Waals surface area contributed by atoms with Gasteiger partial charge < -0.3 is 0 Å². The highest BCUT2D eigenvalue weighted by molar-refractivity contribution is 7.37. The van der Waals surface area contributed by atoms with Crippen LogP contribution in [0.2, 0.25) is 0 Å². The first-order valence-corrected chi connectivity index (χ1v) is 21.2. The SMILES string of the molecule is CC(C)CCCC(C)CCc1ccc(-c2ccc3c(ccc4sc5c(sc6ccc7cc(CCC(C)CCCC(C)C)ccc7c65)c43)c2)cc1. The first-order chi connectivity index (χ1) is 24.2. The zero-order valence-electron chi connectivity index (χ0n) is 31.3. The normalized spacial score (nSPS) is 13.6. The van der Waals surface area contributed by atoms with Crippen LogP contribution in [0.1, 0.15) is 104 Å². The van der Waals surface area contributed by atoms with Crippen molar-refractivity contribution in [3.63, 3.8) is 0 Å². The molecule has 0 N–H and O–H groups in total. The van der Waals surface area contributed by atoms with Crippen molar-refractivity contribution in [1.29, 1.82) is 0 Å². The number of hydrogen-bond donors (Lipinski definition) is 0. The Morgan fingerprint density at radius 1 is 0.440 bits per heavy atom. The molecule has 50 heavy (non-hydrogen) atoms. The lowest BCUT2D eigenvalue weighted by molar-refractivity contribution is 0.437. The molecule has 0 saturated heterocycles. The number of rotatable bonds is 15. The molecular weight excluding hydrogens is 641 g/mol. The number of fused-ring (bicyclic) bond motifs is 9. The van der Waals surface area contributed by atoms with Crippen LogP contribution >= 0.6 is 22.7 Å². The summed E-state index contributed by atoms with van der Waals surface area (Å²) in [5.41, 5.74) is 5.56. The summed E-state index contributed by atoms with van der Waals surface area (Å²) in [6.45, 7) is 14.2. The molecule has 0 bridgehead atoms. The molecule has 7 aromatic rings. The van der Waals surface area contributed by atoms with E-state index < -0.39 is 0 Å². The van der Waals surface area contributed by atoms with Crippen molar-refractivity contribution in [2.24, 2.45) is 23.7 Å². The fraction of sp³-hybridized carbons (Fsp3) is 0.417. The van der Waals surface area contributed by atoms with Gasteiger partial charge in [0.1, 0.15) is 0 Å². The van der Waals surface area contributed by atoms with Crippen LogP contribution in [0.5, 0.6) is 0 Å². The van der Waals surface area contributed by atoms with Crippen molar-refractivity contribution in [2.75, 3.05) is 0 Å². The van der Waals surface area contributed by atoms with Gasteiger partial charge in [-0.05, 0) is 111 Å². The molecule has 5 aromatic carbocycles. The van der Waals surface area contributed by atoms with Crippen LogP contribution in [-0.4, -0.2) is 0 Å². The maximum atomic E-state index is 2.46. The molecule has 0 spiro atoms. The highest BCUT2D eigenvalue weighted by Gasteiger charge is 2.17. The van der Waals surface area contributed by atoms with Gasteiger partial charge in [0.2, 0.25) is 0 Å². The summed E-state index contributed by atoms with van der Waals surface area (Å²) in [6, 6.07) is 33.2. The minimum absolute atomic E-state index is 0.793. The minimum Gasteiger partial charge on any atom is -0.134 e. The number of thiophene rings is 2. The van der Waals surface area contributed by atoms with Crippen molar-refractivity contribution in [3.8, 4) is 11.1 Å². The largest absolute Gasteiger partial charge is 0.134 e. The van der Waals surface area contributed by atoms with E-state index in [2.05, 4.69) is 126 Å². The quantitative estimate of drug-likeness (QED) is 0.100. The molecule has 0 aliphatic heterocycles.